The number of thioether (sulfide) groups is 2. The van der Waals surface area contributed by atoms with E-state index in [9.17, 15) is 14.4 Å². The average molecular weight is 443 g/mol. The molecule has 0 aliphatic carbocycles. The Balaban J connectivity index is 1.51. The molecule has 1 aromatic heterocycles. The Hall–Kier alpha value is -1.76. The summed E-state index contributed by atoms with van der Waals surface area (Å²) in [6, 6.07) is -0.641. The number of carbonyl (C=O) groups excluding carboxylic acids is 2. The predicted molar refractivity (Wildman–Crippen MR) is 105 cm³/mol. The number of nitrogens with two attached hydrogens (primary N) is 1. The van der Waals surface area contributed by atoms with Crippen molar-refractivity contribution in [3.05, 3.63) is 22.7 Å². The maximum absolute atomic E-state index is 12.6. The van der Waals surface area contributed by atoms with Crippen LogP contribution in [0.3, 0.4) is 0 Å². The largest absolute Gasteiger partial charge is 0.512 e. The molecule has 2 atom stereocenters. The van der Waals surface area contributed by atoms with Crippen molar-refractivity contribution in [2.45, 2.75) is 28.5 Å². The summed E-state index contributed by atoms with van der Waals surface area (Å²) in [5, 5.41) is 8.76. The van der Waals surface area contributed by atoms with Crippen LogP contribution in [-0.4, -0.2) is 73.9 Å². The summed E-state index contributed by atoms with van der Waals surface area (Å²) >= 11 is 4.26. The molecular weight excluding hydrogens is 424 g/mol. The highest BCUT2D eigenvalue weighted by molar-refractivity contribution is 8.02. The van der Waals surface area contributed by atoms with E-state index in [4.69, 9.17) is 15.6 Å². The third kappa shape index (κ3) is 3.49. The second-order valence-electron chi connectivity index (χ2n) is 6.49. The van der Waals surface area contributed by atoms with E-state index in [1.165, 1.54) is 39.8 Å². The number of nitrogens with zero attached hydrogens (tertiary/aromatic N) is 3. The number of hydrogen-bond acceptors (Lipinski definition) is 9. The molecule has 3 aliphatic rings. The summed E-state index contributed by atoms with van der Waals surface area (Å²) in [5.41, 5.74) is 8.54. The number of rotatable bonds is 5. The smallest absolute Gasteiger partial charge is 0.449 e. The summed E-state index contributed by atoms with van der Waals surface area (Å²) in [6.45, 7) is 1.50. The SMILES string of the molecule is NC1C(=O)N2C(OC(=O)O)=C(CSc3scnc3C(=O)N3CCCC3)CS[C@@H]12. The van der Waals surface area contributed by atoms with Gasteiger partial charge in [-0.3, -0.25) is 14.5 Å². The van der Waals surface area contributed by atoms with Crippen molar-refractivity contribution in [2.24, 2.45) is 5.73 Å². The number of carbonyl (C=O) groups is 3. The molecule has 0 saturated carbocycles. The number of fused-ring (bicyclic) bond motifs is 1. The van der Waals surface area contributed by atoms with Gasteiger partial charge in [0.2, 0.25) is 11.8 Å². The van der Waals surface area contributed by atoms with Gasteiger partial charge in [0.05, 0.1) is 9.72 Å². The monoisotopic (exact) mass is 442 g/mol. The normalized spacial score (nSPS) is 24.2. The fourth-order valence-corrected chi connectivity index (χ4v) is 6.60. The first-order valence-corrected chi connectivity index (χ1v) is 11.6. The van der Waals surface area contributed by atoms with E-state index in [2.05, 4.69) is 4.98 Å². The second kappa shape index (κ2) is 7.93. The molecule has 0 bridgehead atoms. The van der Waals surface area contributed by atoms with Crippen LogP contribution in [0, 0.1) is 0 Å². The van der Waals surface area contributed by atoms with Crippen molar-refractivity contribution >= 4 is 52.8 Å². The Bertz CT molecular complexity index is 851. The lowest BCUT2D eigenvalue weighted by molar-refractivity contribution is -0.144. The van der Waals surface area contributed by atoms with Crippen LogP contribution < -0.4 is 5.73 Å². The molecule has 150 valence electrons. The number of likely N-dealkylation sites (tertiary alicyclic amines) is 1. The molecule has 0 aromatic carbocycles. The lowest BCUT2D eigenvalue weighted by Crippen LogP contribution is -2.68. The van der Waals surface area contributed by atoms with Crippen LogP contribution in [0.2, 0.25) is 0 Å². The predicted octanol–water partition coefficient (Wildman–Crippen LogP) is 1.62. The van der Waals surface area contributed by atoms with Crippen molar-refractivity contribution in [2.75, 3.05) is 24.6 Å². The first-order chi connectivity index (χ1) is 13.5. The minimum absolute atomic E-state index is 0.0485. The van der Waals surface area contributed by atoms with Crippen molar-refractivity contribution in [1.29, 1.82) is 0 Å². The molecule has 4 heterocycles. The van der Waals surface area contributed by atoms with E-state index in [0.29, 0.717) is 22.8 Å². The van der Waals surface area contributed by atoms with Gasteiger partial charge in [0.25, 0.3) is 5.91 Å². The molecule has 2 fully saturated rings. The van der Waals surface area contributed by atoms with E-state index < -0.39 is 12.2 Å². The van der Waals surface area contributed by atoms with Gasteiger partial charge in [-0.25, -0.2) is 9.78 Å². The minimum atomic E-state index is -1.47. The third-order valence-corrected chi connectivity index (χ3v) is 8.30. The van der Waals surface area contributed by atoms with Gasteiger partial charge in [0, 0.05) is 30.2 Å². The van der Waals surface area contributed by atoms with Gasteiger partial charge in [0.1, 0.15) is 11.4 Å². The van der Waals surface area contributed by atoms with Crippen LogP contribution in [0.1, 0.15) is 23.3 Å². The summed E-state index contributed by atoms with van der Waals surface area (Å²) in [7, 11) is 0. The van der Waals surface area contributed by atoms with Gasteiger partial charge in [0.15, 0.2) is 5.69 Å². The zero-order chi connectivity index (χ0) is 19.8. The third-order valence-electron chi connectivity index (χ3n) is 4.73. The molecule has 0 spiro atoms. The Morgan fingerprint density at radius 3 is 2.86 bits per heavy atom. The zero-order valence-electron chi connectivity index (χ0n) is 14.7. The topological polar surface area (TPSA) is 126 Å². The van der Waals surface area contributed by atoms with Gasteiger partial charge in [-0.1, -0.05) is 0 Å². The van der Waals surface area contributed by atoms with Gasteiger partial charge in [-0.05, 0) is 12.8 Å². The molecule has 0 radical (unpaired) electrons. The summed E-state index contributed by atoms with van der Waals surface area (Å²) < 4.78 is 5.69. The lowest BCUT2D eigenvalue weighted by Gasteiger charge is -2.47. The zero-order valence-corrected chi connectivity index (χ0v) is 17.1. The number of amides is 2. The molecule has 4 rings (SSSR count). The van der Waals surface area contributed by atoms with Crippen LogP contribution in [0.5, 0.6) is 0 Å². The highest BCUT2D eigenvalue weighted by atomic mass is 32.2. The fraction of sp³-hybridized carbons (Fsp3) is 0.500. The maximum Gasteiger partial charge on any atom is 0.512 e. The molecule has 2 amide bonds. The van der Waals surface area contributed by atoms with Crippen molar-refractivity contribution in [3.8, 4) is 0 Å². The van der Waals surface area contributed by atoms with E-state index in [-0.39, 0.29) is 23.1 Å². The number of β-lactam (4-membered cyclic amide) rings is 1. The Morgan fingerprint density at radius 1 is 1.39 bits per heavy atom. The van der Waals surface area contributed by atoms with Crippen LogP contribution in [0.25, 0.3) is 0 Å². The maximum atomic E-state index is 12.6. The minimum Gasteiger partial charge on any atom is -0.449 e. The van der Waals surface area contributed by atoms with E-state index in [0.717, 1.165) is 30.1 Å². The molecule has 1 aromatic rings. The Morgan fingerprint density at radius 2 is 2.14 bits per heavy atom. The Kier molecular flexibility index (Phi) is 5.54. The first kappa shape index (κ1) is 19.6. The Labute approximate surface area is 173 Å². The lowest BCUT2D eigenvalue weighted by atomic mass is 10.1. The van der Waals surface area contributed by atoms with Gasteiger partial charge >= 0.3 is 6.16 Å². The van der Waals surface area contributed by atoms with Crippen molar-refractivity contribution in [3.63, 3.8) is 0 Å². The molecule has 1 unspecified atom stereocenters. The molecule has 3 aliphatic heterocycles. The van der Waals surface area contributed by atoms with E-state index in [1.54, 1.807) is 10.4 Å². The molecule has 9 nitrogen and oxygen atoms in total. The summed E-state index contributed by atoms with van der Waals surface area (Å²) in [6.07, 6.45) is 0.538. The number of thiazole rings is 1. The summed E-state index contributed by atoms with van der Waals surface area (Å²) in [4.78, 5) is 43.2. The molecular formula is C16H18N4O5S3. The summed E-state index contributed by atoms with van der Waals surface area (Å²) in [5.74, 6) is 0.528. The number of ether oxygens (including phenoxy) is 1. The number of aromatic nitrogens is 1. The van der Waals surface area contributed by atoms with E-state index >= 15 is 0 Å². The second-order valence-corrected chi connectivity index (χ2v) is 9.69. The standard InChI is InChI=1S/C16H18N4O5S3/c17-9-11(21)20-13(25-16(23)24)8(5-26-14(9)20)6-27-15-10(18-7-28-15)12(22)19-3-1-2-4-19/h7,9,14H,1-6,17H2,(H,23,24)/t9?,14-/m0/s1. The van der Waals surface area contributed by atoms with Gasteiger partial charge < -0.3 is 20.5 Å². The number of carboxylic acid groups (broad SMARTS) is 1. The van der Waals surface area contributed by atoms with Crippen molar-refractivity contribution < 1.29 is 24.2 Å². The quantitative estimate of drug-likeness (QED) is 0.397. The van der Waals surface area contributed by atoms with Gasteiger partial charge in [-0.15, -0.1) is 34.9 Å². The highest BCUT2D eigenvalue weighted by Crippen LogP contribution is 2.41. The van der Waals surface area contributed by atoms with Crippen molar-refractivity contribution in [1.82, 2.24) is 14.8 Å². The molecule has 28 heavy (non-hydrogen) atoms. The van der Waals surface area contributed by atoms with Gasteiger partial charge in [-0.2, -0.15) is 0 Å². The fourth-order valence-electron chi connectivity index (χ4n) is 3.31. The highest BCUT2D eigenvalue weighted by Gasteiger charge is 2.51. The first-order valence-electron chi connectivity index (χ1n) is 8.66. The van der Waals surface area contributed by atoms with Crippen LogP contribution in [-0.2, 0) is 9.53 Å². The molecule has 2 saturated heterocycles. The van der Waals surface area contributed by atoms with E-state index in [1.807, 2.05) is 0 Å². The van der Waals surface area contributed by atoms with Crippen LogP contribution in [0.4, 0.5) is 4.79 Å². The number of hydrogen-bond donors (Lipinski definition) is 2. The molecule has 3 N–H and O–H groups in total. The van der Waals surface area contributed by atoms with Crippen LogP contribution in [0.15, 0.2) is 21.2 Å². The van der Waals surface area contributed by atoms with Crippen LogP contribution >= 0.6 is 34.9 Å². The molecule has 12 heteroatoms. The average Bonchev–Trinajstić information content (AvgIpc) is 3.37.